The van der Waals surface area contributed by atoms with Gasteiger partial charge in [-0.1, -0.05) is 26.0 Å². The second-order valence-corrected chi connectivity index (χ2v) is 4.61. The number of nitrogens with zero attached hydrogens (tertiary/aromatic N) is 1. The van der Waals surface area contributed by atoms with E-state index in [4.69, 9.17) is 4.74 Å². The Morgan fingerprint density at radius 3 is 2.39 bits per heavy atom. The summed E-state index contributed by atoms with van der Waals surface area (Å²) in [5.74, 6) is 0.475. The van der Waals surface area contributed by atoms with Gasteiger partial charge < -0.3 is 10.1 Å². The minimum atomic E-state index is -0.390. The third kappa shape index (κ3) is 4.43. The van der Waals surface area contributed by atoms with Crippen LogP contribution < -0.4 is 5.32 Å². The second-order valence-electron chi connectivity index (χ2n) is 4.61. The first-order valence-electron chi connectivity index (χ1n) is 6.00. The SMILES string of the molecule is COCC(NCc1ccc([N+](=O)[O-])cc1)C(C)C. The van der Waals surface area contributed by atoms with E-state index in [1.807, 2.05) is 0 Å². The number of nitro groups is 1. The predicted molar refractivity (Wildman–Crippen MR) is 70.4 cm³/mol. The van der Waals surface area contributed by atoms with Gasteiger partial charge in [-0.3, -0.25) is 10.1 Å². The minimum absolute atomic E-state index is 0.121. The maximum atomic E-state index is 10.5. The number of hydrogen-bond acceptors (Lipinski definition) is 4. The monoisotopic (exact) mass is 252 g/mol. The normalized spacial score (nSPS) is 12.7. The van der Waals surface area contributed by atoms with E-state index in [9.17, 15) is 10.1 Å². The molecule has 1 aromatic carbocycles. The lowest BCUT2D eigenvalue weighted by atomic mass is 10.0. The van der Waals surface area contributed by atoms with Gasteiger partial charge in [0.05, 0.1) is 11.5 Å². The Morgan fingerprint density at radius 1 is 1.33 bits per heavy atom. The molecule has 0 aliphatic heterocycles. The van der Waals surface area contributed by atoms with Crippen molar-refractivity contribution in [3.8, 4) is 0 Å². The molecule has 100 valence electrons. The highest BCUT2D eigenvalue weighted by Gasteiger charge is 2.12. The molecule has 0 saturated carbocycles. The van der Waals surface area contributed by atoms with Crippen molar-refractivity contribution in [1.29, 1.82) is 0 Å². The Kier molecular flexibility index (Phi) is 5.74. The highest BCUT2D eigenvalue weighted by Crippen LogP contribution is 2.12. The highest BCUT2D eigenvalue weighted by atomic mass is 16.6. The lowest BCUT2D eigenvalue weighted by molar-refractivity contribution is -0.384. The molecule has 1 aromatic rings. The third-order valence-corrected chi connectivity index (χ3v) is 2.87. The number of ether oxygens (including phenoxy) is 1. The summed E-state index contributed by atoms with van der Waals surface area (Å²) < 4.78 is 5.15. The maximum absolute atomic E-state index is 10.5. The molecular weight excluding hydrogens is 232 g/mol. The average Bonchev–Trinajstić information content (AvgIpc) is 2.34. The van der Waals surface area contributed by atoms with Gasteiger partial charge in [0.15, 0.2) is 0 Å². The maximum Gasteiger partial charge on any atom is 0.269 e. The first-order valence-corrected chi connectivity index (χ1v) is 6.00. The number of rotatable bonds is 7. The summed E-state index contributed by atoms with van der Waals surface area (Å²) in [6.45, 7) is 5.61. The Morgan fingerprint density at radius 2 is 1.94 bits per heavy atom. The van der Waals surface area contributed by atoms with Crippen LogP contribution in [0.15, 0.2) is 24.3 Å². The summed E-state index contributed by atoms with van der Waals surface area (Å²) in [4.78, 5) is 10.1. The van der Waals surface area contributed by atoms with Gasteiger partial charge >= 0.3 is 0 Å². The summed E-state index contributed by atoms with van der Waals surface area (Å²) in [6.07, 6.45) is 0. The van der Waals surface area contributed by atoms with Gasteiger partial charge in [0.25, 0.3) is 5.69 Å². The van der Waals surface area contributed by atoms with Gasteiger partial charge in [-0.25, -0.2) is 0 Å². The molecule has 0 bridgehead atoms. The van der Waals surface area contributed by atoms with E-state index in [1.165, 1.54) is 12.1 Å². The van der Waals surface area contributed by atoms with Gasteiger partial charge in [0.1, 0.15) is 0 Å². The van der Waals surface area contributed by atoms with Crippen molar-refractivity contribution in [1.82, 2.24) is 5.32 Å². The van der Waals surface area contributed by atoms with Crippen LogP contribution in [-0.4, -0.2) is 24.7 Å². The number of nitro benzene ring substituents is 1. The van der Waals surface area contributed by atoms with Gasteiger partial charge in [-0.2, -0.15) is 0 Å². The zero-order chi connectivity index (χ0) is 13.5. The Bertz CT molecular complexity index is 376. The fourth-order valence-corrected chi connectivity index (χ4v) is 1.65. The molecule has 0 saturated heterocycles. The van der Waals surface area contributed by atoms with Crippen LogP contribution in [0.4, 0.5) is 5.69 Å². The topological polar surface area (TPSA) is 64.4 Å². The summed E-state index contributed by atoms with van der Waals surface area (Å²) in [7, 11) is 1.68. The predicted octanol–water partition coefficient (Wildman–Crippen LogP) is 2.36. The van der Waals surface area contributed by atoms with Gasteiger partial charge in [-0.05, 0) is 11.5 Å². The quantitative estimate of drug-likeness (QED) is 0.597. The van der Waals surface area contributed by atoms with Crippen molar-refractivity contribution in [3.63, 3.8) is 0 Å². The molecule has 0 fully saturated rings. The molecular formula is C13H20N2O3. The van der Waals surface area contributed by atoms with Gasteiger partial charge in [0, 0.05) is 31.8 Å². The molecule has 1 unspecified atom stereocenters. The molecule has 0 heterocycles. The smallest absolute Gasteiger partial charge is 0.269 e. The van der Waals surface area contributed by atoms with Crippen molar-refractivity contribution >= 4 is 5.69 Å². The Balaban J connectivity index is 2.54. The molecule has 1 atom stereocenters. The average molecular weight is 252 g/mol. The van der Waals surface area contributed by atoms with E-state index < -0.39 is 0 Å². The van der Waals surface area contributed by atoms with E-state index in [0.717, 1.165) is 5.56 Å². The molecule has 5 heteroatoms. The molecule has 5 nitrogen and oxygen atoms in total. The van der Waals surface area contributed by atoms with E-state index >= 15 is 0 Å². The van der Waals surface area contributed by atoms with E-state index in [-0.39, 0.29) is 16.7 Å². The number of benzene rings is 1. The van der Waals surface area contributed by atoms with Crippen LogP contribution >= 0.6 is 0 Å². The van der Waals surface area contributed by atoms with E-state index in [0.29, 0.717) is 19.1 Å². The molecule has 0 radical (unpaired) electrons. The fourth-order valence-electron chi connectivity index (χ4n) is 1.65. The summed E-state index contributed by atoms with van der Waals surface area (Å²) in [5.41, 5.74) is 1.15. The lowest BCUT2D eigenvalue weighted by Gasteiger charge is -2.21. The molecule has 0 aliphatic rings. The molecule has 1 rings (SSSR count). The van der Waals surface area contributed by atoms with Crippen molar-refractivity contribution in [2.24, 2.45) is 5.92 Å². The van der Waals surface area contributed by atoms with Crippen LogP contribution in [0, 0.1) is 16.0 Å². The molecule has 0 aliphatic carbocycles. The lowest BCUT2D eigenvalue weighted by Crippen LogP contribution is -2.37. The highest BCUT2D eigenvalue weighted by molar-refractivity contribution is 5.32. The molecule has 18 heavy (non-hydrogen) atoms. The molecule has 0 aromatic heterocycles. The third-order valence-electron chi connectivity index (χ3n) is 2.87. The van der Waals surface area contributed by atoms with Crippen LogP contribution in [0.2, 0.25) is 0 Å². The van der Waals surface area contributed by atoms with Gasteiger partial charge in [-0.15, -0.1) is 0 Å². The van der Waals surface area contributed by atoms with Gasteiger partial charge in [0.2, 0.25) is 0 Å². The molecule has 1 N–H and O–H groups in total. The second kappa shape index (κ2) is 7.08. The van der Waals surface area contributed by atoms with Crippen molar-refractivity contribution < 1.29 is 9.66 Å². The number of non-ortho nitro benzene ring substituents is 1. The first-order chi connectivity index (χ1) is 8.54. The summed E-state index contributed by atoms with van der Waals surface area (Å²) >= 11 is 0. The largest absolute Gasteiger partial charge is 0.383 e. The fraction of sp³-hybridized carbons (Fsp3) is 0.538. The van der Waals surface area contributed by atoms with Crippen LogP contribution in [0.1, 0.15) is 19.4 Å². The minimum Gasteiger partial charge on any atom is -0.383 e. The summed E-state index contributed by atoms with van der Waals surface area (Å²) in [5, 5.41) is 13.9. The zero-order valence-electron chi connectivity index (χ0n) is 11.1. The standard InChI is InChI=1S/C13H20N2O3/c1-10(2)13(9-18-3)14-8-11-4-6-12(7-5-11)15(16)17/h4-7,10,13-14H,8-9H2,1-3H3. The Hall–Kier alpha value is -1.46. The van der Waals surface area contributed by atoms with E-state index in [1.54, 1.807) is 19.2 Å². The number of methoxy groups -OCH3 is 1. The summed E-state index contributed by atoms with van der Waals surface area (Å²) in [6, 6.07) is 6.88. The first kappa shape index (κ1) is 14.6. The van der Waals surface area contributed by atoms with Crippen LogP contribution in [0.5, 0.6) is 0 Å². The molecule has 0 amide bonds. The van der Waals surface area contributed by atoms with Crippen molar-refractivity contribution in [2.75, 3.05) is 13.7 Å². The molecule has 0 spiro atoms. The van der Waals surface area contributed by atoms with Crippen LogP contribution in [0.3, 0.4) is 0 Å². The van der Waals surface area contributed by atoms with Crippen LogP contribution in [0.25, 0.3) is 0 Å². The number of hydrogen-bond donors (Lipinski definition) is 1. The zero-order valence-corrected chi connectivity index (χ0v) is 11.1. The van der Waals surface area contributed by atoms with E-state index in [2.05, 4.69) is 19.2 Å². The van der Waals surface area contributed by atoms with Crippen LogP contribution in [-0.2, 0) is 11.3 Å². The Labute approximate surface area is 107 Å². The van der Waals surface area contributed by atoms with Crippen molar-refractivity contribution in [2.45, 2.75) is 26.4 Å². The number of nitrogens with one attached hydrogen (secondary N) is 1. The van der Waals surface area contributed by atoms with Crippen molar-refractivity contribution in [3.05, 3.63) is 39.9 Å².